The SMILES string of the molecule is O=C(CN(Cc1ccco1)Cc1cccs1)NC1CCCCC1. The van der Waals surface area contributed by atoms with Gasteiger partial charge in [0.1, 0.15) is 5.76 Å². The fourth-order valence-electron chi connectivity index (χ4n) is 3.14. The maximum absolute atomic E-state index is 12.4. The summed E-state index contributed by atoms with van der Waals surface area (Å²) < 4.78 is 5.44. The molecule has 0 aromatic carbocycles. The zero-order valence-corrected chi connectivity index (χ0v) is 14.2. The predicted octanol–water partition coefficient (Wildman–Crippen LogP) is 3.79. The Balaban J connectivity index is 1.56. The minimum Gasteiger partial charge on any atom is -0.468 e. The largest absolute Gasteiger partial charge is 0.468 e. The first-order chi connectivity index (χ1) is 11.3. The molecular formula is C18H24N2O2S. The van der Waals surface area contributed by atoms with Crippen LogP contribution in [0, 0.1) is 0 Å². The number of rotatable bonds is 7. The van der Waals surface area contributed by atoms with Gasteiger partial charge in [-0.05, 0) is 36.4 Å². The molecule has 1 amide bonds. The van der Waals surface area contributed by atoms with E-state index in [1.807, 2.05) is 18.2 Å². The van der Waals surface area contributed by atoms with E-state index in [0.29, 0.717) is 19.1 Å². The van der Waals surface area contributed by atoms with Gasteiger partial charge in [-0.3, -0.25) is 9.69 Å². The van der Waals surface area contributed by atoms with E-state index in [9.17, 15) is 4.79 Å². The highest BCUT2D eigenvalue weighted by Crippen LogP contribution is 2.18. The van der Waals surface area contributed by atoms with Crippen LogP contribution in [0.25, 0.3) is 0 Å². The van der Waals surface area contributed by atoms with Gasteiger partial charge < -0.3 is 9.73 Å². The Morgan fingerprint density at radius 1 is 1.22 bits per heavy atom. The van der Waals surface area contributed by atoms with Crippen molar-refractivity contribution in [2.24, 2.45) is 0 Å². The molecule has 1 aliphatic rings. The second-order valence-electron chi connectivity index (χ2n) is 6.21. The lowest BCUT2D eigenvalue weighted by atomic mass is 9.95. The van der Waals surface area contributed by atoms with Crippen LogP contribution in [0.5, 0.6) is 0 Å². The molecule has 0 atom stereocenters. The smallest absolute Gasteiger partial charge is 0.234 e. The average Bonchev–Trinajstić information content (AvgIpc) is 3.22. The summed E-state index contributed by atoms with van der Waals surface area (Å²) in [6.07, 6.45) is 7.69. The summed E-state index contributed by atoms with van der Waals surface area (Å²) >= 11 is 1.72. The summed E-state index contributed by atoms with van der Waals surface area (Å²) in [6, 6.07) is 8.37. The first kappa shape index (κ1) is 16.3. The van der Waals surface area contributed by atoms with Gasteiger partial charge in [-0.1, -0.05) is 25.3 Å². The van der Waals surface area contributed by atoms with Crippen molar-refractivity contribution in [3.05, 3.63) is 46.5 Å². The summed E-state index contributed by atoms with van der Waals surface area (Å²) in [6.45, 7) is 1.84. The van der Waals surface area contributed by atoms with Crippen LogP contribution in [-0.2, 0) is 17.9 Å². The lowest BCUT2D eigenvalue weighted by Crippen LogP contribution is -2.42. The Hall–Kier alpha value is -1.59. The molecule has 0 bridgehead atoms. The number of thiophene rings is 1. The zero-order valence-electron chi connectivity index (χ0n) is 13.4. The molecule has 1 aliphatic carbocycles. The van der Waals surface area contributed by atoms with Crippen LogP contribution in [0.3, 0.4) is 0 Å². The van der Waals surface area contributed by atoms with E-state index in [4.69, 9.17) is 4.42 Å². The van der Waals surface area contributed by atoms with Crippen molar-refractivity contribution >= 4 is 17.2 Å². The Labute approximate surface area is 141 Å². The van der Waals surface area contributed by atoms with E-state index < -0.39 is 0 Å². The number of hydrogen-bond donors (Lipinski definition) is 1. The number of carbonyl (C=O) groups is 1. The monoisotopic (exact) mass is 332 g/mol. The van der Waals surface area contributed by atoms with Crippen molar-refractivity contribution in [1.82, 2.24) is 10.2 Å². The molecule has 3 rings (SSSR count). The molecule has 2 heterocycles. The Kier molecular flexibility index (Phi) is 5.88. The van der Waals surface area contributed by atoms with Gasteiger partial charge in [0.25, 0.3) is 0 Å². The quantitative estimate of drug-likeness (QED) is 0.839. The van der Waals surface area contributed by atoms with Crippen LogP contribution >= 0.6 is 11.3 Å². The van der Waals surface area contributed by atoms with Crippen molar-refractivity contribution in [2.75, 3.05) is 6.54 Å². The molecule has 1 N–H and O–H groups in total. The molecule has 1 saturated carbocycles. The number of nitrogens with one attached hydrogen (secondary N) is 1. The van der Waals surface area contributed by atoms with E-state index in [1.165, 1.54) is 24.1 Å². The molecule has 2 aromatic heterocycles. The van der Waals surface area contributed by atoms with Crippen LogP contribution in [0.1, 0.15) is 42.7 Å². The predicted molar refractivity (Wildman–Crippen MR) is 92.2 cm³/mol. The van der Waals surface area contributed by atoms with Crippen LogP contribution in [0.15, 0.2) is 40.3 Å². The summed E-state index contributed by atoms with van der Waals surface area (Å²) in [4.78, 5) is 15.8. The number of furan rings is 1. The lowest BCUT2D eigenvalue weighted by molar-refractivity contribution is -0.123. The summed E-state index contributed by atoms with van der Waals surface area (Å²) in [5.74, 6) is 1.02. The van der Waals surface area contributed by atoms with E-state index in [2.05, 4.69) is 21.7 Å². The first-order valence-electron chi connectivity index (χ1n) is 8.36. The number of carbonyl (C=O) groups excluding carboxylic acids is 1. The standard InChI is InChI=1S/C18H24N2O2S/c21-18(19-15-6-2-1-3-7-15)14-20(12-16-8-4-10-22-16)13-17-9-5-11-23-17/h4-5,8-11,15H,1-3,6-7,12-14H2,(H,19,21). The van der Waals surface area contributed by atoms with Gasteiger partial charge in [0.15, 0.2) is 0 Å². The Morgan fingerprint density at radius 3 is 2.78 bits per heavy atom. The second kappa shape index (κ2) is 8.31. The van der Waals surface area contributed by atoms with Crippen LogP contribution in [0.4, 0.5) is 0 Å². The fourth-order valence-corrected chi connectivity index (χ4v) is 3.88. The normalized spacial score (nSPS) is 15.9. The van der Waals surface area contributed by atoms with E-state index >= 15 is 0 Å². The maximum atomic E-state index is 12.4. The first-order valence-corrected chi connectivity index (χ1v) is 9.24. The van der Waals surface area contributed by atoms with Crippen molar-refractivity contribution in [3.63, 3.8) is 0 Å². The molecule has 2 aromatic rings. The molecule has 0 spiro atoms. The minimum absolute atomic E-state index is 0.125. The maximum Gasteiger partial charge on any atom is 0.234 e. The van der Waals surface area contributed by atoms with Gasteiger partial charge in [-0.2, -0.15) is 0 Å². The van der Waals surface area contributed by atoms with E-state index in [-0.39, 0.29) is 5.91 Å². The third-order valence-corrected chi connectivity index (χ3v) is 5.12. The Morgan fingerprint density at radius 2 is 2.09 bits per heavy atom. The molecular weight excluding hydrogens is 308 g/mol. The summed E-state index contributed by atoms with van der Waals surface area (Å²) in [7, 11) is 0. The number of nitrogens with zero attached hydrogens (tertiary/aromatic N) is 1. The molecule has 0 aliphatic heterocycles. The molecule has 23 heavy (non-hydrogen) atoms. The molecule has 5 heteroatoms. The van der Waals surface area contributed by atoms with Crippen molar-refractivity contribution in [2.45, 2.75) is 51.2 Å². The average molecular weight is 332 g/mol. The van der Waals surface area contributed by atoms with Gasteiger partial charge >= 0.3 is 0 Å². The second-order valence-corrected chi connectivity index (χ2v) is 7.24. The van der Waals surface area contributed by atoms with Gasteiger partial charge in [-0.15, -0.1) is 11.3 Å². The summed E-state index contributed by atoms with van der Waals surface area (Å²) in [5.41, 5.74) is 0. The fraction of sp³-hybridized carbons (Fsp3) is 0.500. The van der Waals surface area contributed by atoms with E-state index in [1.54, 1.807) is 17.6 Å². The highest BCUT2D eigenvalue weighted by molar-refractivity contribution is 7.09. The zero-order chi connectivity index (χ0) is 15.9. The number of amides is 1. The van der Waals surface area contributed by atoms with Crippen molar-refractivity contribution < 1.29 is 9.21 Å². The third kappa shape index (κ3) is 5.22. The molecule has 1 fully saturated rings. The minimum atomic E-state index is 0.125. The van der Waals surface area contributed by atoms with Gasteiger partial charge in [0.2, 0.25) is 5.91 Å². The number of hydrogen-bond acceptors (Lipinski definition) is 4. The molecule has 124 valence electrons. The lowest BCUT2D eigenvalue weighted by Gasteiger charge is -2.25. The highest BCUT2D eigenvalue weighted by atomic mass is 32.1. The summed E-state index contributed by atoms with van der Waals surface area (Å²) in [5, 5.41) is 5.27. The molecule has 0 saturated heterocycles. The topological polar surface area (TPSA) is 45.5 Å². The van der Waals surface area contributed by atoms with Gasteiger partial charge in [-0.25, -0.2) is 0 Å². The third-order valence-electron chi connectivity index (χ3n) is 4.26. The van der Waals surface area contributed by atoms with Gasteiger partial charge in [0.05, 0.1) is 19.4 Å². The highest BCUT2D eigenvalue weighted by Gasteiger charge is 2.18. The van der Waals surface area contributed by atoms with Crippen LogP contribution < -0.4 is 5.32 Å². The Bertz CT molecular complexity index is 538. The van der Waals surface area contributed by atoms with Crippen LogP contribution in [-0.4, -0.2) is 23.4 Å². The van der Waals surface area contributed by atoms with Gasteiger partial charge in [0, 0.05) is 17.5 Å². The van der Waals surface area contributed by atoms with E-state index in [0.717, 1.165) is 25.1 Å². The van der Waals surface area contributed by atoms with Crippen molar-refractivity contribution in [3.8, 4) is 0 Å². The molecule has 0 unspecified atom stereocenters. The molecule has 0 radical (unpaired) electrons. The van der Waals surface area contributed by atoms with Crippen molar-refractivity contribution in [1.29, 1.82) is 0 Å². The van der Waals surface area contributed by atoms with Crippen LogP contribution in [0.2, 0.25) is 0 Å². The molecule has 4 nitrogen and oxygen atoms in total.